The Bertz CT molecular complexity index is 1170. The van der Waals surface area contributed by atoms with Gasteiger partial charge in [-0.3, -0.25) is 24.0 Å². The lowest BCUT2D eigenvalue weighted by Gasteiger charge is -2.28. The molecule has 9 heteroatoms. The number of nitrogen functional groups attached to an aromatic ring is 1. The zero-order valence-electron chi connectivity index (χ0n) is 19.8. The van der Waals surface area contributed by atoms with Crippen LogP contribution in [0.5, 0.6) is 0 Å². The minimum atomic E-state index is -0.653. The highest BCUT2D eigenvalue weighted by Gasteiger charge is 2.25. The van der Waals surface area contributed by atoms with Crippen molar-refractivity contribution in [1.82, 2.24) is 14.5 Å². The Kier molecular flexibility index (Phi) is 8.86. The molecule has 0 radical (unpaired) electrons. The van der Waals surface area contributed by atoms with E-state index >= 15 is 0 Å². The standard InChI is InChI=1S/C25H33N5O4/c1-3-5-14-29(22-23(26)30(13-4-2)25(33)27-24(22)32)21(31)18-28(17-20-12-9-15-34-20)16-19-10-7-6-8-11-19/h6-12,15H,3-5,13-14,16-18,26H2,1-2H3,(H,27,32,33). The van der Waals surface area contributed by atoms with E-state index in [9.17, 15) is 14.4 Å². The fourth-order valence-corrected chi connectivity index (χ4v) is 3.87. The summed E-state index contributed by atoms with van der Waals surface area (Å²) >= 11 is 0. The minimum Gasteiger partial charge on any atom is -0.468 e. The van der Waals surface area contributed by atoms with Crippen LogP contribution >= 0.6 is 0 Å². The second-order valence-electron chi connectivity index (χ2n) is 8.25. The quantitative estimate of drug-likeness (QED) is 0.423. The van der Waals surface area contributed by atoms with Gasteiger partial charge in [-0.15, -0.1) is 0 Å². The van der Waals surface area contributed by atoms with Crippen molar-refractivity contribution < 1.29 is 9.21 Å². The molecular formula is C25H33N5O4. The Hall–Kier alpha value is -3.59. The zero-order valence-corrected chi connectivity index (χ0v) is 19.8. The number of amides is 1. The van der Waals surface area contributed by atoms with Crippen LogP contribution in [0.4, 0.5) is 11.5 Å². The smallest absolute Gasteiger partial charge is 0.330 e. The molecule has 182 valence electrons. The van der Waals surface area contributed by atoms with Crippen LogP contribution < -0.4 is 21.9 Å². The van der Waals surface area contributed by atoms with Gasteiger partial charge in [0.25, 0.3) is 5.56 Å². The highest BCUT2D eigenvalue weighted by atomic mass is 16.3. The molecule has 0 aliphatic rings. The number of hydrogen-bond donors (Lipinski definition) is 2. The first kappa shape index (κ1) is 25.0. The summed E-state index contributed by atoms with van der Waals surface area (Å²) in [5, 5.41) is 0. The van der Waals surface area contributed by atoms with Crippen molar-refractivity contribution in [3.63, 3.8) is 0 Å². The van der Waals surface area contributed by atoms with E-state index in [2.05, 4.69) is 4.98 Å². The van der Waals surface area contributed by atoms with Crippen molar-refractivity contribution in [2.24, 2.45) is 0 Å². The average molecular weight is 468 g/mol. The monoisotopic (exact) mass is 467 g/mol. The Balaban J connectivity index is 1.93. The third-order valence-electron chi connectivity index (χ3n) is 5.53. The van der Waals surface area contributed by atoms with E-state index in [1.807, 2.05) is 61.2 Å². The van der Waals surface area contributed by atoms with Gasteiger partial charge in [0.2, 0.25) is 5.91 Å². The van der Waals surface area contributed by atoms with Crippen molar-refractivity contribution >= 4 is 17.4 Å². The molecule has 2 heterocycles. The van der Waals surface area contributed by atoms with Gasteiger partial charge in [0.15, 0.2) is 5.69 Å². The first-order valence-electron chi connectivity index (χ1n) is 11.7. The topological polar surface area (TPSA) is 118 Å². The SMILES string of the molecule is CCCCN(C(=O)CN(Cc1ccccc1)Cc1ccco1)c1c(N)n(CCC)c(=O)[nH]c1=O. The summed E-state index contributed by atoms with van der Waals surface area (Å²) in [6, 6.07) is 13.5. The van der Waals surface area contributed by atoms with Crippen LogP contribution in [0.3, 0.4) is 0 Å². The van der Waals surface area contributed by atoms with Crippen molar-refractivity contribution in [3.8, 4) is 0 Å². The molecule has 0 aliphatic carbocycles. The van der Waals surface area contributed by atoms with Gasteiger partial charge in [-0.2, -0.15) is 0 Å². The summed E-state index contributed by atoms with van der Waals surface area (Å²) in [7, 11) is 0. The molecule has 0 bridgehead atoms. The van der Waals surface area contributed by atoms with Crippen molar-refractivity contribution in [1.29, 1.82) is 0 Å². The van der Waals surface area contributed by atoms with Crippen LogP contribution in [-0.4, -0.2) is 33.4 Å². The van der Waals surface area contributed by atoms with Gasteiger partial charge in [-0.1, -0.05) is 50.6 Å². The third-order valence-corrected chi connectivity index (χ3v) is 5.53. The molecule has 3 aromatic rings. The minimum absolute atomic E-state index is 0.0145. The Labute approximate surface area is 198 Å². The van der Waals surface area contributed by atoms with Gasteiger partial charge < -0.3 is 15.1 Å². The number of nitrogens with zero attached hydrogens (tertiary/aromatic N) is 3. The first-order chi connectivity index (χ1) is 16.4. The van der Waals surface area contributed by atoms with E-state index in [-0.39, 0.29) is 24.0 Å². The number of H-pyrrole nitrogens is 1. The van der Waals surface area contributed by atoms with E-state index in [0.29, 0.717) is 39.0 Å². The van der Waals surface area contributed by atoms with E-state index in [1.54, 1.807) is 6.26 Å². The molecule has 0 saturated carbocycles. The summed E-state index contributed by atoms with van der Waals surface area (Å²) in [6.45, 7) is 5.59. The molecular weight excluding hydrogens is 434 g/mol. The lowest BCUT2D eigenvalue weighted by molar-refractivity contribution is -0.120. The molecule has 2 aromatic heterocycles. The summed E-state index contributed by atoms with van der Waals surface area (Å²) < 4.78 is 6.82. The van der Waals surface area contributed by atoms with E-state index < -0.39 is 11.2 Å². The molecule has 3 rings (SSSR count). The number of benzene rings is 1. The molecule has 1 aromatic carbocycles. The summed E-state index contributed by atoms with van der Waals surface area (Å²) in [5.41, 5.74) is 6.13. The molecule has 0 spiro atoms. The second kappa shape index (κ2) is 12.0. The van der Waals surface area contributed by atoms with Gasteiger partial charge >= 0.3 is 5.69 Å². The normalized spacial score (nSPS) is 11.1. The second-order valence-corrected chi connectivity index (χ2v) is 8.25. The fourth-order valence-electron chi connectivity index (χ4n) is 3.87. The fraction of sp³-hybridized carbons (Fsp3) is 0.400. The van der Waals surface area contributed by atoms with Gasteiger partial charge in [-0.25, -0.2) is 4.79 Å². The number of anilines is 2. The van der Waals surface area contributed by atoms with E-state index in [4.69, 9.17) is 10.2 Å². The summed E-state index contributed by atoms with van der Waals surface area (Å²) in [4.78, 5) is 44.4. The first-order valence-corrected chi connectivity index (χ1v) is 11.7. The number of aromatic nitrogens is 2. The number of furan rings is 1. The highest BCUT2D eigenvalue weighted by molar-refractivity contribution is 5.96. The van der Waals surface area contributed by atoms with Gasteiger partial charge in [-0.05, 0) is 30.5 Å². The summed E-state index contributed by atoms with van der Waals surface area (Å²) in [6.07, 6.45) is 3.78. The van der Waals surface area contributed by atoms with Crippen molar-refractivity contribution in [2.45, 2.75) is 52.7 Å². The number of carbonyl (C=O) groups is 1. The molecule has 3 N–H and O–H groups in total. The highest BCUT2D eigenvalue weighted by Crippen LogP contribution is 2.19. The lowest BCUT2D eigenvalue weighted by atomic mass is 10.2. The number of aromatic amines is 1. The molecule has 0 aliphatic heterocycles. The largest absolute Gasteiger partial charge is 0.468 e. The number of hydrogen-bond acceptors (Lipinski definition) is 6. The van der Waals surface area contributed by atoms with Crippen molar-refractivity contribution in [2.75, 3.05) is 23.7 Å². The number of carbonyl (C=O) groups excluding carboxylic acids is 1. The van der Waals surface area contributed by atoms with E-state index in [0.717, 1.165) is 17.7 Å². The van der Waals surface area contributed by atoms with Crippen LogP contribution in [0.15, 0.2) is 62.7 Å². The third kappa shape index (κ3) is 6.26. The number of unbranched alkanes of at least 4 members (excludes halogenated alkanes) is 1. The van der Waals surface area contributed by atoms with Gasteiger partial charge in [0, 0.05) is 19.6 Å². The number of nitrogens with one attached hydrogen (secondary N) is 1. The number of rotatable bonds is 12. The van der Waals surface area contributed by atoms with Gasteiger partial charge in [0.05, 0.1) is 19.4 Å². The molecule has 9 nitrogen and oxygen atoms in total. The maximum absolute atomic E-state index is 13.6. The Morgan fingerprint density at radius 1 is 1.06 bits per heavy atom. The van der Waals surface area contributed by atoms with Crippen LogP contribution in [0.1, 0.15) is 44.4 Å². The maximum atomic E-state index is 13.6. The average Bonchev–Trinajstić information content (AvgIpc) is 3.32. The van der Waals surface area contributed by atoms with Crippen LogP contribution in [-0.2, 0) is 24.4 Å². The van der Waals surface area contributed by atoms with Crippen LogP contribution in [0, 0.1) is 0 Å². The Morgan fingerprint density at radius 2 is 1.82 bits per heavy atom. The molecule has 0 saturated heterocycles. The molecule has 1 amide bonds. The van der Waals surface area contributed by atoms with Crippen LogP contribution in [0.25, 0.3) is 0 Å². The summed E-state index contributed by atoms with van der Waals surface area (Å²) in [5.74, 6) is 0.480. The van der Waals surface area contributed by atoms with E-state index in [1.165, 1.54) is 9.47 Å². The molecule has 34 heavy (non-hydrogen) atoms. The molecule has 0 atom stereocenters. The Morgan fingerprint density at radius 3 is 2.47 bits per heavy atom. The predicted molar refractivity (Wildman–Crippen MR) is 133 cm³/mol. The zero-order chi connectivity index (χ0) is 24.5. The predicted octanol–water partition coefficient (Wildman–Crippen LogP) is 2.96. The lowest BCUT2D eigenvalue weighted by Crippen LogP contribution is -2.45. The van der Waals surface area contributed by atoms with Gasteiger partial charge in [0.1, 0.15) is 11.6 Å². The molecule has 0 fully saturated rings. The van der Waals surface area contributed by atoms with Crippen LogP contribution in [0.2, 0.25) is 0 Å². The maximum Gasteiger partial charge on any atom is 0.330 e. The number of nitrogens with two attached hydrogens (primary N) is 1. The van der Waals surface area contributed by atoms with Crippen molar-refractivity contribution in [3.05, 3.63) is 80.9 Å². The molecule has 0 unspecified atom stereocenters.